The van der Waals surface area contributed by atoms with E-state index in [2.05, 4.69) is 46.8 Å². The van der Waals surface area contributed by atoms with Crippen molar-refractivity contribution in [1.29, 1.82) is 0 Å². The standard InChI is InChI=1S/C15H22BrNO/c1-10-6-7-17(9-11(10)2)15-5-4-13(16)8-14(15)12(3)18/h4-5,8,10-12,18H,6-7,9H2,1-3H3. The summed E-state index contributed by atoms with van der Waals surface area (Å²) in [5.41, 5.74) is 2.21. The van der Waals surface area contributed by atoms with Gasteiger partial charge in [0.15, 0.2) is 0 Å². The Morgan fingerprint density at radius 2 is 2.06 bits per heavy atom. The summed E-state index contributed by atoms with van der Waals surface area (Å²) in [6, 6.07) is 6.21. The molecular weight excluding hydrogens is 290 g/mol. The monoisotopic (exact) mass is 311 g/mol. The molecule has 3 unspecified atom stereocenters. The lowest BCUT2D eigenvalue weighted by atomic mass is 9.88. The van der Waals surface area contributed by atoms with Crippen molar-refractivity contribution in [1.82, 2.24) is 0 Å². The molecule has 1 aromatic rings. The van der Waals surface area contributed by atoms with E-state index in [1.54, 1.807) is 0 Å². The normalized spacial score (nSPS) is 26.2. The number of anilines is 1. The molecule has 1 fully saturated rings. The molecule has 0 saturated carbocycles. The van der Waals surface area contributed by atoms with Crippen molar-refractivity contribution in [3.05, 3.63) is 28.2 Å². The lowest BCUT2D eigenvalue weighted by molar-refractivity contribution is 0.199. The second-order valence-corrected chi connectivity index (χ2v) is 6.48. The number of benzene rings is 1. The van der Waals surface area contributed by atoms with Gasteiger partial charge in [-0.1, -0.05) is 29.8 Å². The van der Waals surface area contributed by atoms with Crippen LogP contribution in [-0.4, -0.2) is 18.2 Å². The largest absolute Gasteiger partial charge is 0.389 e. The second kappa shape index (κ2) is 5.62. The summed E-state index contributed by atoms with van der Waals surface area (Å²) >= 11 is 3.48. The Morgan fingerprint density at radius 1 is 1.33 bits per heavy atom. The minimum absolute atomic E-state index is 0.424. The van der Waals surface area contributed by atoms with Crippen LogP contribution in [0.1, 0.15) is 38.9 Å². The van der Waals surface area contributed by atoms with Crippen LogP contribution in [-0.2, 0) is 0 Å². The minimum Gasteiger partial charge on any atom is -0.389 e. The maximum atomic E-state index is 9.93. The SMILES string of the molecule is CC(O)c1cc(Br)ccc1N1CCC(C)C(C)C1. The molecule has 3 atom stereocenters. The molecule has 0 radical (unpaired) electrons. The van der Waals surface area contributed by atoms with Crippen molar-refractivity contribution in [2.45, 2.75) is 33.3 Å². The zero-order chi connectivity index (χ0) is 13.3. The van der Waals surface area contributed by atoms with Gasteiger partial charge >= 0.3 is 0 Å². The van der Waals surface area contributed by atoms with Gasteiger partial charge in [-0.2, -0.15) is 0 Å². The summed E-state index contributed by atoms with van der Waals surface area (Å²) in [7, 11) is 0. The average Bonchev–Trinajstić information content (AvgIpc) is 2.32. The molecule has 1 aliphatic heterocycles. The maximum Gasteiger partial charge on any atom is 0.0782 e. The molecular formula is C15H22BrNO. The number of rotatable bonds is 2. The molecule has 100 valence electrons. The van der Waals surface area contributed by atoms with Crippen molar-refractivity contribution in [3.63, 3.8) is 0 Å². The van der Waals surface area contributed by atoms with Crippen LogP contribution in [0.4, 0.5) is 5.69 Å². The van der Waals surface area contributed by atoms with E-state index < -0.39 is 6.10 Å². The van der Waals surface area contributed by atoms with Crippen LogP contribution < -0.4 is 4.90 Å². The number of halogens is 1. The van der Waals surface area contributed by atoms with Crippen LogP contribution in [0.2, 0.25) is 0 Å². The number of hydrogen-bond acceptors (Lipinski definition) is 2. The second-order valence-electron chi connectivity index (χ2n) is 5.57. The number of piperidine rings is 1. The first-order valence-electron chi connectivity index (χ1n) is 6.71. The van der Waals surface area contributed by atoms with Gasteiger partial charge in [0.25, 0.3) is 0 Å². The highest BCUT2D eigenvalue weighted by atomic mass is 79.9. The molecule has 2 rings (SSSR count). The number of aliphatic hydroxyl groups is 1. The first-order chi connectivity index (χ1) is 8.49. The van der Waals surface area contributed by atoms with E-state index in [0.717, 1.165) is 29.0 Å². The van der Waals surface area contributed by atoms with Gasteiger partial charge < -0.3 is 10.0 Å². The van der Waals surface area contributed by atoms with Gasteiger partial charge in [0.1, 0.15) is 0 Å². The quantitative estimate of drug-likeness (QED) is 0.893. The van der Waals surface area contributed by atoms with E-state index in [9.17, 15) is 5.11 Å². The van der Waals surface area contributed by atoms with Crippen molar-refractivity contribution in [2.75, 3.05) is 18.0 Å². The molecule has 0 amide bonds. The molecule has 18 heavy (non-hydrogen) atoms. The fourth-order valence-electron chi connectivity index (χ4n) is 2.63. The average molecular weight is 312 g/mol. The predicted octanol–water partition coefficient (Wildman–Crippen LogP) is 3.98. The topological polar surface area (TPSA) is 23.5 Å². The lowest BCUT2D eigenvalue weighted by Gasteiger charge is -2.38. The molecule has 3 heteroatoms. The lowest BCUT2D eigenvalue weighted by Crippen LogP contribution is -2.39. The summed E-state index contributed by atoms with van der Waals surface area (Å²) in [5.74, 6) is 1.51. The van der Waals surface area contributed by atoms with Crippen molar-refractivity contribution in [2.24, 2.45) is 11.8 Å². The molecule has 1 aromatic carbocycles. The smallest absolute Gasteiger partial charge is 0.0782 e. The Labute approximate surface area is 118 Å². The van der Waals surface area contributed by atoms with E-state index in [4.69, 9.17) is 0 Å². The summed E-state index contributed by atoms with van der Waals surface area (Å²) in [4.78, 5) is 2.42. The fourth-order valence-corrected chi connectivity index (χ4v) is 3.01. The van der Waals surface area contributed by atoms with E-state index in [1.807, 2.05) is 13.0 Å². The summed E-state index contributed by atoms with van der Waals surface area (Å²) in [5, 5.41) is 9.93. The first kappa shape index (κ1) is 13.9. The molecule has 2 nitrogen and oxygen atoms in total. The predicted molar refractivity (Wildman–Crippen MR) is 79.9 cm³/mol. The van der Waals surface area contributed by atoms with Crippen LogP contribution in [0, 0.1) is 11.8 Å². The Balaban J connectivity index is 2.28. The third-order valence-corrected chi connectivity index (χ3v) is 4.61. The number of hydrogen-bond donors (Lipinski definition) is 1. The molecule has 1 heterocycles. The molecule has 1 N–H and O–H groups in total. The Morgan fingerprint density at radius 3 is 2.67 bits per heavy atom. The maximum absolute atomic E-state index is 9.93. The van der Waals surface area contributed by atoms with E-state index in [0.29, 0.717) is 5.92 Å². The fraction of sp³-hybridized carbons (Fsp3) is 0.600. The van der Waals surface area contributed by atoms with Gasteiger partial charge in [-0.15, -0.1) is 0 Å². The number of aliphatic hydroxyl groups excluding tert-OH is 1. The van der Waals surface area contributed by atoms with E-state index in [-0.39, 0.29) is 0 Å². The third-order valence-electron chi connectivity index (χ3n) is 4.11. The van der Waals surface area contributed by atoms with Crippen LogP contribution in [0.5, 0.6) is 0 Å². The minimum atomic E-state index is -0.424. The highest BCUT2D eigenvalue weighted by Gasteiger charge is 2.24. The Bertz CT molecular complexity index is 419. The Kier molecular flexibility index (Phi) is 4.33. The first-order valence-corrected chi connectivity index (χ1v) is 7.50. The number of nitrogens with zero attached hydrogens (tertiary/aromatic N) is 1. The van der Waals surface area contributed by atoms with Gasteiger partial charge in [0.05, 0.1) is 6.10 Å². The van der Waals surface area contributed by atoms with Crippen LogP contribution >= 0.6 is 15.9 Å². The molecule has 0 aromatic heterocycles. The van der Waals surface area contributed by atoms with Crippen LogP contribution in [0.15, 0.2) is 22.7 Å². The zero-order valence-electron chi connectivity index (χ0n) is 11.4. The van der Waals surface area contributed by atoms with Crippen molar-refractivity contribution >= 4 is 21.6 Å². The zero-order valence-corrected chi connectivity index (χ0v) is 12.9. The Hall–Kier alpha value is -0.540. The highest BCUT2D eigenvalue weighted by molar-refractivity contribution is 9.10. The molecule has 1 aliphatic rings. The summed E-state index contributed by atoms with van der Waals surface area (Å²) in [6.07, 6.45) is 0.809. The van der Waals surface area contributed by atoms with Gasteiger partial charge in [-0.3, -0.25) is 0 Å². The third kappa shape index (κ3) is 2.89. The van der Waals surface area contributed by atoms with Crippen LogP contribution in [0.25, 0.3) is 0 Å². The molecule has 0 spiro atoms. The van der Waals surface area contributed by atoms with Crippen molar-refractivity contribution in [3.8, 4) is 0 Å². The molecule has 0 bridgehead atoms. The summed E-state index contributed by atoms with van der Waals surface area (Å²) in [6.45, 7) is 8.66. The van der Waals surface area contributed by atoms with Crippen LogP contribution in [0.3, 0.4) is 0 Å². The van der Waals surface area contributed by atoms with Gasteiger partial charge in [-0.25, -0.2) is 0 Å². The molecule has 0 aliphatic carbocycles. The summed E-state index contributed by atoms with van der Waals surface area (Å²) < 4.78 is 1.03. The van der Waals surface area contributed by atoms with Crippen molar-refractivity contribution < 1.29 is 5.11 Å². The molecule has 1 saturated heterocycles. The van der Waals surface area contributed by atoms with E-state index >= 15 is 0 Å². The van der Waals surface area contributed by atoms with Gasteiger partial charge in [0.2, 0.25) is 0 Å². The van der Waals surface area contributed by atoms with E-state index in [1.165, 1.54) is 12.1 Å². The van der Waals surface area contributed by atoms with Gasteiger partial charge in [0, 0.05) is 28.8 Å². The van der Waals surface area contributed by atoms with Gasteiger partial charge in [-0.05, 0) is 43.4 Å². The highest BCUT2D eigenvalue weighted by Crippen LogP contribution is 2.33.